The molecule has 0 bridgehead atoms. The Bertz CT molecular complexity index is 552. The first-order chi connectivity index (χ1) is 8.79. The van der Waals surface area contributed by atoms with Crippen LogP contribution in [0.2, 0.25) is 0 Å². The van der Waals surface area contributed by atoms with Crippen LogP contribution in [0.25, 0.3) is 0 Å². The van der Waals surface area contributed by atoms with Gasteiger partial charge in [0.05, 0.1) is 13.2 Å². The van der Waals surface area contributed by atoms with E-state index in [0.717, 1.165) is 29.2 Å². The van der Waals surface area contributed by atoms with Gasteiger partial charge in [-0.2, -0.15) is 0 Å². The predicted molar refractivity (Wildman–Crippen MR) is 71.1 cm³/mol. The average molecular weight is 261 g/mol. The molecule has 3 rings (SSSR count). The smallest absolute Gasteiger partial charge is 0.129 e. The lowest BCUT2D eigenvalue weighted by atomic mass is 9.98. The van der Waals surface area contributed by atoms with Crippen LogP contribution in [0, 0.1) is 0 Å². The molecule has 1 aliphatic rings. The Morgan fingerprint density at radius 2 is 2.44 bits per heavy atom. The second kappa shape index (κ2) is 4.71. The normalized spacial score (nSPS) is 19.6. The summed E-state index contributed by atoms with van der Waals surface area (Å²) in [4.78, 5) is 5.38. The minimum absolute atomic E-state index is 0.115. The second-order valence-electron chi connectivity index (χ2n) is 4.53. The lowest BCUT2D eigenvalue weighted by molar-refractivity contribution is 0.147. The summed E-state index contributed by atoms with van der Waals surface area (Å²) in [6.45, 7) is 0. The Morgan fingerprint density at radius 3 is 3.22 bits per heavy atom. The van der Waals surface area contributed by atoms with E-state index < -0.39 is 6.10 Å². The van der Waals surface area contributed by atoms with Crippen molar-refractivity contribution in [3.05, 3.63) is 45.9 Å². The van der Waals surface area contributed by atoms with Crippen molar-refractivity contribution in [3.63, 3.8) is 0 Å². The molecule has 2 atom stereocenters. The van der Waals surface area contributed by atoms with E-state index in [1.165, 1.54) is 5.56 Å². The van der Waals surface area contributed by atoms with E-state index in [4.69, 9.17) is 4.74 Å². The molecule has 0 saturated heterocycles. The van der Waals surface area contributed by atoms with E-state index in [1.54, 1.807) is 24.6 Å². The highest BCUT2D eigenvalue weighted by molar-refractivity contribution is 7.10. The first kappa shape index (κ1) is 11.7. The van der Waals surface area contributed by atoms with Crippen LogP contribution >= 0.6 is 11.3 Å². The first-order valence-electron chi connectivity index (χ1n) is 6.04. The third-order valence-electron chi connectivity index (χ3n) is 3.51. The van der Waals surface area contributed by atoms with Crippen molar-refractivity contribution in [1.82, 2.24) is 4.98 Å². The van der Waals surface area contributed by atoms with Gasteiger partial charge in [-0.3, -0.25) is 4.98 Å². The van der Waals surface area contributed by atoms with Crippen molar-refractivity contribution in [2.45, 2.75) is 24.9 Å². The van der Waals surface area contributed by atoms with Crippen molar-refractivity contribution < 1.29 is 9.84 Å². The number of rotatable bonds is 3. The third kappa shape index (κ3) is 1.91. The number of fused-ring (bicyclic) bond motifs is 1. The number of aromatic nitrogens is 1. The highest BCUT2D eigenvalue weighted by atomic mass is 32.1. The van der Waals surface area contributed by atoms with Crippen LogP contribution in [-0.4, -0.2) is 17.2 Å². The molecule has 0 aromatic carbocycles. The fourth-order valence-corrected chi connectivity index (χ4v) is 3.45. The molecule has 0 radical (unpaired) electrons. The van der Waals surface area contributed by atoms with Crippen LogP contribution in [-0.2, 0) is 6.42 Å². The third-order valence-corrected chi connectivity index (χ3v) is 4.49. The summed E-state index contributed by atoms with van der Waals surface area (Å²) in [5.74, 6) is 0.929. The molecule has 94 valence electrons. The Balaban J connectivity index is 1.88. The molecule has 0 spiro atoms. The standard InChI is InChI=1S/C14H15NO2S/c1-17-10-7-12(18-8-10)14(16)11-5-4-9-3-2-6-15-13(9)11/h2-3,6-8,11,14,16H,4-5H2,1H3. The fraction of sp³-hybridized carbons (Fsp3) is 0.357. The largest absolute Gasteiger partial charge is 0.496 e. The molecular formula is C14H15NO2S. The number of aryl methyl sites for hydroxylation is 1. The van der Waals surface area contributed by atoms with Crippen LogP contribution in [0.3, 0.4) is 0 Å². The van der Waals surface area contributed by atoms with Gasteiger partial charge in [-0.25, -0.2) is 0 Å². The van der Waals surface area contributed by atoms with Gasteiger partial charge in [-0.15, -0.1) is 11.3 Å². The Morgan fingerprint density at radius 1 is 1.56 bits per heavy atom. The molecule has 0 fully saturated rings. The van der Waals surface area contributed by atoms with Gasteiger partial charge in [0.25, 0.3) is 0 Å². The molecule has 1 aliphatic carbocycles. The number of pyridine rings is 1. The predicted octanol–water partition coefficient (Wildman–Crippen LogP) is 2.92. The molecule has 2 unspecified atom stereocenters. The molecule has 4 heteroatoms. The maximum atomic E-state index is 10.5. The maximum absolute atomic E-state index is 10.5. The molecule has 18 heavy (non-hydrogen) atoms. The highest BCUT2D eigenvalue weighted by Gasteiger charge is 2.31. The van der Waals surface area contributed by atoms with E-state index >= 15 is 0 Å². The van der Waals surface area contributed by atoms with E-state index in [2.05, 4.69) is 11.1 Å². The number of thiophene rings is 1. The summed E-state index contributed by atoms with van der Waals surface area (Å²) in [5, 5.41) is 12.4. The molecule has 0 amide bonds. The monoisotopic (exact) mass is 261 g/mol. The summed E-state index contributed by atoms with van der Waals surface area (Å²) in [7, 11) is 1.64. The van der Waals surface area contributed by atoms with Crippen LogP contribution in [0.1, 0.15) is 34.6 Å². The molecule has 2 aromatic rings. The molecule has 1 N–H and O–H groups in total. The molecular weight excluding hydrogens is 246 g/mol. The zero-order chi connectivity index (χ0) is 12.5. The second-order valence-corrected chi connectivity index (χ2v) is 5.47. The van der Waals surface area contributed by atoms with E-state index in [-0.39, 0.29) is 5.92 Å². The first-order valence-corrected chi connectivity index (χ1v) is 6.92. The van der Waals surface area contributed by atoms with Gasteiger partial charge in [0, 0.05) is 28.1 Å². The van der Waals surface area contributed by atoms with E-state index in [0.29, 0.717) is 0 Å². The van der Waals surface area contributed by atoms with Crippen LogP contribution in [0.5, 0.6) is 5.75 Å². The summed E-state index contributed by atoms with van der Waals surface area (Å²) < 4.78 is 5.16. The Hall–Kier alpha value is -1.39. The Labute approximate surface area is 110 Å². The van der Waals surface area contributed by atoms with Crippen molar-refractivity contribution in [2.75, 3.05) is 7.11 Å². The molecule has 2 aromatic heterocycles. The summed E-state index contributed by atoms with van der Waals surface area (Å²) >= 11 is 1.54. The van der Waals surface area contributed by atoms with Crippen molar-refractivity contribution in [3.8, 4) is 5.75 Å². The number of ether oxygens (including phenoxy) is 1. The van der Waals surface area contributed by atoms with Gasteiger partial charge in [0.2, 0.25) is 0 Å². The zero-order valence-corrected chi connectivity index (χ0v) is 11.0. The molecule has 3 nitrogen and oxygen atoms in total. The van der Waals surface area contributed by atoms with Gasteiger partial charge in [-0.1, -0.05) is 6.07 Å². The van der Waals surface area contributed by atoms with Gasteiger partial charge < -0.3 is 9.84 Å². The minimum Gasteiger partial charge on any atom is -0.496 e. The number of methoxy groups -OCH3 is 1. The van der Waals surface area contributed by atoms with Crippen molar-refractivity contribution >= 4 is 11.3 Å². The summed E-state index contributed by atoms with van der Waals surface area (Å²) in [5.41, 5.74) is 2.32. The lowest BCUT2D eigenvalue weighted by Gasteiger charge is -2.16. The fourth-order valence-electron chi connectivity index (χ4n) is 2.55. The highest BCUT2D eigenvalue weighted by Crippen LogP contribution is 2.42. The SMILES string of the molecule is COc1csc(C(O)C2CCc3cccnc32)c1. The number of aliphatic hydroxyl groups excluding tert-OH is 1. The topological polar surface area (TPSA) is 42.4 Å². The average Bonchev–Trinajstić information content (AvgIpc) is 3.04. The van der Waals surface area contributed by atoms with Gasteiger partial charge in [0.1, 0.15) is 5.75 Å². The van der Waals surface area contributed by atoms with E-state index in [1.807, 2.05) is 17.5 Å². The van der Waals surface area contributed by atoms with Crippen LogP contribution in [0.15, 0.2) is 29.8 Å². The van der Waals surface area contributed by atoms with Gasteiger partial charge in [0.15, 0.2) is 0 Å². The Kier molecular flexibility index (Phi) is 3.06. The molecule has 0 saturated carbocycles. The number of hydrogen-bond acceptors (Lipinski definition) is 4. The summed E-state index contributed by atoms with van der Waals surface area (Å²) in [6.07, 6.45) is 3.30. The summed E-state index contributed by atoms with van der Waals surface area (Å²) in [6, 6.07) is 5.97. The number of aliphatic hydroxyl groups is 1. The number of nitrogens with zero attached hydrogens (tertiary/aromatic N) is 1. The molecule has 0 aliphatic heterocycles. The van der Waals surface area contributed by atoms with Crippen LogP contribution < -0.4 is 4.74 Å². The van der Waals surface area contributed by atoms with Crippen molar-refractivity contribution in [1.29, 1.82) is 0 Å². The minimum atomic E-state index is -0.477. The number of hydrogen-bond donors (Lipinski definition) is 1. The quantitative estimate of drug-likeness (QED) is 0.923. The van der Waals surface area contributed by atoms with Gasteiger partial charge in [-0.05, 0) is 30.5 Å². The van der Waals surface area contributed by atoms with Gasteiger partial charge >= 0.3 is 0 Å². The zero-order valence-electron chi connectivity index (χ0n) is 10.2. The molecule has 2 heterocycles. The lowest BCUT2D eigenvalue weighted by Crippen LogP contribution is -2.07. The maximum Gasteiger partial charge on any atom is 0.129 e. The van der Waals surface area contributed by atoms with Crippen molar-refractivity contribution in [2.24, 2.45) is 0 Å². The van der Waals surface area contributed by atoms with E-state index in [9.17, 15) is 5.11 Å². The van der Waals surface area contributed by atoms with Crippen LogP contribution in [0.4, 0.5) is 0 Å².